The van der Waals surface area contributed by atoms with Crippen LogP contribution in [0.2, 0.25) is 0 Å². The molecule has 1 aromatic heterocycles. The second-order valence-electron chi connectivity index (χ2n) is 4.69. The summed E-state index contributed by atoms with van der Waals surface area (Å²) in [5.41, 5.74) is 7.47. The fraction of sp³-hybridized carbons (Fsp3) is 0.286. The van der Waals surface area contributed by atoms with E-state index in [1.165, 1.54) is 10.7 Å². The minimum absolute atomic E-state index is 0.283. The second-order valence-corrected chi connectivity index (χ2v) is 4.69. The third-order valence-corrected chi connectivity index (χ3v) is 3.20. The highest BCUT2D eigenvalue weighted by atomic mass is 19.1. The molecule has 20 heavy (non-hydrogen) atoms. The lowest BCUT2D eigenvalue weighted by atomic mass is 10.1. The lowest BCUT2D eigenvalue weighted by Crippen LogP contribution is -2.29. The molecule has 0 aliphatic rings. The van der Waals surface area contributed by atoms with Gasteiger partial charge in [0.2, 0.25) is 0 Å². The summed E-state index contributed by atoms with van der Waals surface area (Å²) in [6.07, 6.45) is 0. The molecule has 0 bridgehead atoms. The minimum atomic E-state index is -0.460. The van der Waals surface area contributed by atoms with Gasteiger partial charge < -0.3 is 11.1 Å². The van der Waals surface area contributed by atoms with Gasteiger partial charge in [-0.25, -0.2) is 4.39 Å². The number of rotatable bonds is 3. The normalized spacial score (nSPS) is 12.2. The Morgan fingerprint density at radius 1 is 1.45 bits per heavy atom. The number of nitrogens with one attached hydrogen (secondary N) is 1. The zero-order chi connectivity index (χ0) is 14.9. The number of nitrogens with zero attached hydrogens (tertiary/aromatic N) is 2. The van der Waals surface area contributed by atoms with Gasteiger partial charge in [0.15, 0.2) is 0 Å². The van der Waals surface area contributed by atoms with Gasteiger partial charge in [-0.15, -0.1) is 0 Å². The van der Waals surface area contributed by atoms with E-state index in [2.05, 4.69) is 10.4 Å². The summed E-state index contributed by atoms with van der Waals surface area (Å²) in [4.78, 5) is 12.2. The number of amides is 1. The van der Waals surface area contributed by atoms with Gasteiger partial charge >= 0.3 is 0 Å². The molecule has 0 aliphatic heterocycles. The Hall–Kier alpha value is -2.37. The van der Waals surface area contributed by atoms with Crippen molar-refractivity contribution in [3.8, 4) is 0 Å². The summed E-state index contributed by atoms with van der Waals surface area (Å²) < 4.78 is 15.1. The SMILES string of the molecule is Cc1nn(C)c(C(=O)NC(C)c2ccccc2F)c1N. The van der Waals surface area contributed by atoms with E-state index in [0.717, 1.165) is 0 Å². The summed E-state index contributed by atoms with van der Waals surface area (Å²) in [5.74, 6) is -0.726. The number of carbonyl (C=O) groups excluding carboxylic acids is 1. The van der Waals surface area contributed by atoms with Crippen molar-refractivity contribution in [2.45, 2.75) is 19.9 Å². The van der Waals surface area contributed by atoms with Gasteiger partial charge in [0.25, 0.3) is 5.91 Å². The molecule has 0 radical (unpaired) electrons. The average Bonchev–Trinajstić information content (AvgIpc) is 2.63. The number of hydrogen-bond acceptors (Lipinski definition) is 3. The Labute approximate surface area is 116 Å². The van der Waals surface area contributed by atoms with Crippen LogP contribution < -0.4 is 11.1 Å². The molecule has 3 N–H and O–H groups in total. The number of aryl methyl sites for hydroxylation is 2. The Morgan fingerprint density at radius 3 is 2.65 bits per heavy atom. The summed E-state index contributed by atoms with van der Waals surface area (Å²) in [6, 6.07) is 5.87. The van der Waals surface area contributed by atoms with E-state index in [0.29, 0.717) is 16.9 Å². The highest BCUT2D eigenvalue weighted by Crippen LogP contribution is 2.19. The fourth-order valence-electron chi connectivity index (χ4n) is 2.11. The largest absolute Gasteiger partial charge is 0.395 e. The Bertz CT molecular complexity index is 651. The number of halogens is 1. The number of carbonyl (C=O) groups is 1. The fourth-order valence-corrected chi connectivity index (χ4v) is 2.11. The predicted molar refractivity (Wildman–Crippen MR) is 74.6 cm³/mol. The molecule has 1 aromatic carbocycles. The van der Waals surface area contributed by atoms with Crippen LogP contribution >= 0.6 is 0 Å². The van der Waals surface area contributed by atoms with Crippen LogP contribution in [0.1, 0.15) is 34.7 Å². The molecule has 1 amide bonds. The zero-order valence-corrected chi connectivity index (χ0v) is 11.6. The van der Waals surface area contributed by atoms with Crippen LogP contribution in [0, 0.1) is 12.7 Å². The zero-order valence-electron chi connectivity index (χ0n) is 11.6. The summed E-state index contributed by atoms with van der Waals surface area (Å²) in [5, 5.41) is 6.81. The van der Waals surface area contributed by atoms with Crippen molar-refractivity contribution in [2.24, 2.45) is 7.05 Å². The summed E-state index contributed by atoms with van der Waals surface area (Å²) in [6.45, 7) is 3.45. The molecule has 0 spiro atoms. The summed E-state index contributed by atoms with van der Waals surface area (Å²) >= 11 is 0. The van der Waals surface area contributed by atoms with E-state index < -0.39 is 6.04 Å². The molecule has 6 heteroatoms. The van der Waals surface area contributed by atoms with Crippen LogP contribution in [0.25, 0.3) is 0 Å². The van der Waals surface area contributed by atoms with Gasteiger partial charge in [-0.2, -0.15) is 5.10 Å². The number of aromatic nitrogens is 2. The molecule has 1 unspecified atom stereocenters. The first-order valence-corrected chi connectivity index (χ1v) is 6.26. The van der Waals surface area contributed by atoms with Gasteiger partial charge in [0.05, 0.1) is 17.4 Å². The summed E-state index contributed by atoms with van der Waals surface area (Å²) in [7, 11) is 1.64. The highest BCUT2D eigenvalue weighted by molar-refractivity contribution is 5.98. The highest BCUT2D eigenvalue weighted by Gasteiger charge is 2.20. The molecule has 2 rings (SSSR count). The van der Waals surface area contributed by atoms with Gasteiger partial charge in [-0.3, -0.25) is 9.48 Å². The molecular formula is C14H17FN4O. The number of hydrogen-bond donors (Lipinski definition) is 2. The Kier molecular flexibility index (Phi) is 3.74. The standard InChI is InChI=1S/C14H17FN4O/c1-8(10-6-4-5-7-11(10)15)17-14(20)13-12(16)9(2)18-19(13)3/h4-8H,16H2,1-3H3,(H,17,20). The van der Waals surface area contributed by atoms with Crippen molar-refractivity contribution < 1.29 is 9.18 Å². The van der Waals surface area contributed by atoms with Crippen LogP contribution in [0.5, 0.6) is 0 Å². The quantitative estimate of drug-likeness (QED) is 0.899. The average molecular weight is 276 g/mol. The van der Waals surface area contributed by atoms with Gasteiger partial charge in [0, 0.05) is 12.6 Å². The van der Waals surface area contributed by atoms with E-state index in [4.69, 9.17) is 5.73 Å². The van der Waals surface area contributed by atoms with Crippen molar-refractivity contribution in [1.82, 2.24) is 15.1 Å². The second kappa shape index (κ2) is 5.32. The molecule has 1 atom stereocenters. The predicted octanol–water partition coefficient (Wildman–Crippen LogP) is 1.94. The van der Waals surface area contributed by atoms with Crippen LogP contribution in [0.3, 0.4) is 0 Å². The monoisotopic (exact) mass is 276 g/mol. The molecule has 5 nitrogen and oxygen atoms in total. The van der Waals surface area contributed by atoms with E-state index in [-0.39, 0.29) is 17.4 Å². The first-order chi connectivity index (χ1) is 9.41. The smallest absolute Gasteiger partial charge is 0.272 e. The van der Waals surface area contributed by atoms with Crippen molar-refractivity contribution in [1.29, 1.82) is 0 Å². The molecule has 1 heterocycles. The molecule has 106 valence electrons. The third-order valence-electron chi connectivity index (χ3n) is 3.20. The van der Waals surface area contributed by atoms with E-state index in [1.54, 1.807) is 39.1 Å². The molecule has 0 saturated heterocycles. The maximum atomic E-state index is 13.7. The lowest BCUT2D eigenvalue weighted by molar-refractivity contribution is 0.0931. The van der Waals surface area contributed by atoms with Crippen LogP contribution in [0.15, 0.2) is 24.3 Å². The molecule has 0 saturated carbocycles. The third kappa shape index (κ3) is 2.49. The van der Waals surface area contributed by atoms with E-state index >= 15 is 0 Å². The Morgan fingerprint density at radius 2 is 2.10 bits per heavy atom. The van der Waals surface area contributed by atoms with Crippen LogP contribution in [-0.2, 0) is 7.05 Å². The van der Waals surface area contributed by atoms with Crippen molar-refractivity contribution in [3.05, 3.63) is 47.0 Å². The maximum Gasteiger partial charge on any atom is 0.272 e. The van der Waals surface area contributed by atoms with Crippen molar-refractivity contribution in [2.75, 3.05) is 5.73 Å². The van der Waals surface area contributed by atoms with Gasteiger partial charge in [-0.05, 0) is 19.9 Å². The topological polar surface area (TPSA) is 72.9 Å². The molecular weight excluding hydrogens is 259 g/mol. The number of anilines is 1. The number of benzene rings is 1. The van der Waals surface area contributed by atoms with Crippen molar-refractivity contribution >= 4 is 11.6 Å². The van der Waals surface area contributed by atoms with Gasteiger partial charge in [0.1, 0.15) is 11.5 Å². The lowest BCUT2D eigenvalue weighted by Gasteiger charge is -2.15. The Balaban J connectivity index is 2.22. The molecule has 2 aromatic rings. The van der Waals surface area contributed by atoms with Crippen LogP contribution in [-0.4, -0.2) is 15.7 Å². The number of nitrogens with two attached hydrogens (primary N) is 1. The molecule has 0 aliphatic carbocycles. The molecule has 0 fully saturated rings. The first kappa shape index (κ1) is 14.0. The first-order valence-electron chi connectivity index (χ1n) is 6.26. The number of nitrogen functional groups attached to an aromatic ring is 1. The van der Waals surface area contributed by atoms with Gasteiger partial charge in [-0.1, -0.05) is 18.2 Å². The van der Waals surface area contributed by atoms with Crippen LogP contribution in [0.4, 0.5) is 10.1 Å². The van der Waals surface area contributed by atoms with E-state index in [1.807, 2.05) is 0 Å². The van der Waals surface area contributed by atoms with Crippen molar-refractivity contribution in [3.63, 3.8) is 0 Å². The maximum absolute atomic E-state index is 13.7. The minimum Gasteiger partial charge on any atom is -0.395 e. The van der Waals surface area contributed by atoms with E-state index in [9.17, 15) is 9.18 Å².